The molecular weight excluding hydrogens is 330 g/mol. The second-order valence-electron chi connectivity index (χ2n) is 9.65. The molecule has 2 aliphatic rings. The van der Waals surface area contributed by atoms with Gasteiger partial charge in [0.1, 0.15) is 5.60 Å². The highest BCUT2D eigenvalue weighted by Gasteiger charge is 2.46. The van der Waals surface area contributed by atoms with Crippen LogP contribution in [0.4, 0.5) is 4.79 Å². The summed E-state index contributed by atoms with van der Waals surface area (Å²) in [7, 11) is 0. The fraction of sp³-hybridized carbons (Fsp3) is 0.750. The predicted octanol–water partition coefficient (Wildman–Crippen LogP) is 4.00. The summed E-state index contributed by atoms with van der Waals surface area (Å²) < 4.78 is 7.41. The van der Waals surface area contributed by atoms with Crippen LogP contribution >= 0.6 is 0 Å². The number of fused-ring (bicyclic) bond motifs is 2. The first-order valence-corrected chi connectivity index (χ1v) is 9.56. The minimum Gasteiger partial charge on any atom is -0.444 e. The maximum absolute atomic E-state index is 13.0. The molecule has 0 N–H and O–H groups in total. The van der Waals surface area contributed by atoms with Gasteiger partial charge in [-0.1, -0.05) is 0 Å². The third kappa shape index (κ3) is 3.79. The molecule has 0 aliphatic carbocycles. The van der Waals surface area contributed by atoms with Crippen molar-refractivity contribution in [2.24, 2.45) is 5.92 Å². The zero-order valence-corrected chi connectivity index (χ0v) is 16.8. The van der Waals surface area contributed by atoms with Gasteiger partial charge >= 0.3 is 6.09 Å². The number of Topliss-reactive ketones (excluding diaryl/α,β-unsaturated/α-hetero) is 1. The molecule has 6 heteroatoms. The molecule has 144 valence electrons. The van der Waals surface area contributed by atoms with E-state index >= 15 is 0 Å². The Morgan fingerprint density at radius 3 is 2.12 bits per heavy atom. The Morgan fingerprint density at radius 1 is 1.08 bits per heavy atom. The van der Waals surface area contributed by atoms with Gasteiger partial charge in [-0.3, -0.25) is 9.48 Å². The number of hydrogen-bond donors (Lipinski definition) is 0. The smallest absolute Gasteiger partial charge is 0.410 e. The van der Waals surface area contributed by atoms with Crippen LogP contribution in [-0.4, -0.2) is 44.2 Å². The fourth-order valence-corrected chi connectivity index (χ4v) is 4.06. The van der Waals surface area contributed by atoms with E-state index in [1.165, 1.54) is 0 Å². The Kier molecular flexibility index (Phi) is 4.65. The van der Waals surface area contributed by atoms with Crippen molar-refractivity contribution in [3.63, 3.8) is 0 Å². The quantitative estimate of drug-likeness (QED) is 0.747. The molecule has 2 aliphatic heterocycles. The number of carbonyl (C=O) groups is 2. The second kappa shape index (κ2) is 6.39. The summed E-state index contributed by atoms with van der Waals surface area (Å²) in [5.74, 6) is 0.116. The van der Waals surface area contributed by atoms with Crippen molar-refractivity contribution >= 4 is 11.9 Å². The molecule has 2 bridgehead atoms. The minimum absolute atomic E-state index is 0.0381. The molecule has 1 aromatic heterocycles. The normalized spacial score (nSPS) is 26.1. The second-order valence-corrected chi connectivity index (χ2v) is 9.65. The first kappa shape index (κ1) is 18.9. The van der Waals surface area contributed by atoms with Crippen LogP contribution in [0, 0.1) is 5.92 Å². The molecule has 2 fully saturated rings. The van der Waals surface area contributed by atoms with Crippen LogP contribution in [0.3, 0.4) is 0 Å². The average molecular weight is 361 g/mol. The highest BCUT2D eigenvalue weighted by atomic mass is 16.6. The van der Waals surface area contributed by atoms with Gasteiger partial charge in [-0.25, -0.2) is 4.79 Å². The summed E-state index contributed by atoms with van der Waals surface area (Å²) in [4.78, 5) is 27.4. The van der Waals surface area contributed by atoms with Crippen molar-refractivity contribution in [1.29, 1.82) is 0 Å². The Labute approximate surface area is 155 Å². The number of nitrogens with zero attached hydrogens (tertiary/aromatic N) is 3. The van der Waals surface area contributed by atoms with Crippen LogP contribution in [0.15, 0.2) is 12.4 Å². The monoisotopic (exact) mass is 361 g/mol. The molecule has 1 amide bonds. The molecule has 2 saturated heterocycles. The van der Waals surface area contributed by atoms with Gasteiger partial charge in [-0.2, -0.15) is 5.10 Å². The summed E-state index contributed by atoms with van der Waals surface area (Å²) in [5, 5.41) is 4.35. The van der Waals surface area contributed by atoms with E-state index in [1.54, 1.807) is 6.20 Å². The van der Waals surface area contributed by atoms with Gasteiger partial charge in [-0.15, -0.1) is 0 Å². The van der Waals surface area contributed by atoms with E-state index < -0.39 is 5.60 Å². The molecule has 3 heterocycles. The summed E-state index contributed by atoms with van der Waals surface area (Å²) in [6, 6.07) is 0.213. The lowest BCUT2D eigenvalue weighted by molar-refractivity contribution is 0.00254. The standard InChI is InChI=1S/C20H31N3O3/c1-19(2,3)22-12-14(11-21-22)17(24)13-9-15-7-8-16(10-13)23(15)18(25)26-20(4,5)6/h11-13,15-16H,7-10H2,1-6H3. The molecule has 2 atom stereocenters. The Hall–Kier alpha value is -1.85. The minimum atomic E-state index is -0.495. The van der Waals surface area contributed by atoms with Gasteiger partial charge in [0.2, 0.25) is 0 Å². The molecule has 0 aromatic carbocycles. The van der Waals surface area contributed by atoms with Crippen LogP contribution in [0.5, 0.6) is 0 Å². The van der Waals surface area contributed by atoms with Gasteiger partial charge < -0.3 is 9.64 Å². The van der Waals surface area contributed by atoms with E-state index in [0.29, 0.717) is 5.56 Å². The number of ketones is 1. The van der Waals surface area contributed by atoms with E-state index in [2.05, 4.69) is 25.9 Å². The third-order valence-corrected chi connectivity index (χ3v) is 5.26. The van der Waals surface area contributed by atoms with Gasteiger partial charge in [-0.05, 0) is 67.2 Å². The van der Waals surface area contributed by atoms with Crippen molar-refractivity contribution in [2.75, 3.05) is 0 Å². The molecule has 0 spiro atoms. The van der Waals surface area contributed by atoms with Crippen molar-refractivity contribution in [1.82, 2.24) is 14.7 Å². The van der Waals surface area contributed by atoms with Crippen LogP contribution in [-0.2, 0) is 10.3 Å². The number of amides is 1. The molecule has 26 heavy (non-hydrogen) atoms. The lowest BCUT2D eigenvalue weighted by Gasteiger charge is -2.39. The molecule has 3 rings (SSSR count). The maximum Gasteiger partial charge on any atom is 0.410 e. The van der Waals surface area contributed by atoms with Gasteiger partial charge in [0.25, 0.3) is 0 Å². The predicted molar refractivity (Wildman–Crippen MR) is 99.2 cm³/mol. The van der Waals surface area contributed by atoms with E-state index in [1.807, 2.05) is 36.5 Å². The van der Waals surface area contributed by atoms with Gasteiger partial charge in [0, 0.05) is 24.2 Å². The fourth-order valence-electron chi connectivity index (χ4n) is 4.06. The van der Waals surface area contributed by atoms with E-state index in [-0.39, 0.29) is 35.4 Å². The van der Waals surface area contributed by atoms with Gasteiger partial charge in [0.05, 0.1) is 17.3 Å². The zero-order chi connectivity index (χ0) is 19.3. The number of aromatic nitrogens is 2. The summed E-state index contributed by atoms with van der Waals surface area (Å²) in [6.45, 7) is 11.8. The molecule has 0 saturated carbocycles. The Bertz CT molecular complexity index is 682. The van der Waals surface area contributed by atoms with Crippen LogP contribution in [0.2, 0.25) is 0 Å². The number of rotatable bonds is 2. The molecule has 0 radical (unpaired) electrons. The largest absolute Gasteiger partial charge is 0.444 e. The van der Waals surface area contributed by atoms with Crippen molar-refractivity contribution in [3.8, 4) is 0 Å². The average Bonchev–Trinajstić information content (AvgIpc) is 3.08. The van der Waals surface area contributed by atoms with Gasteiger partial charge in [0.15, 0.2) is 5.78 Å². The Morgan fingerprint density at radius 2 is 1.65 bits per heavy atom. The molecule has 6 nitrogen and oxygen atoms in total. The number of ether oxygens (including phenoxy) is 1. The number of piperidine rings is 1. The summed E-state index contributed by atoms with van der Waals surface area (Å²) >= 11 is 0. The molecule has 2 unspecified atom stereocenters. The number of hydrogen-bond acceptors (Lipinski definition) is 4. The van der Waals surface area contributed by atoms with Crippen molar-refractivity contribution in [2.45, 2.75) is 90.4 Å². The zero-order valence-electron chi connectivity index (χ0n) is 16.8. The SMILES string of the molecule is CC(C)(C)OC(=O)N1C2CCC1CC(C(=O)c1cnn(C(C)(C)C)c1)C2. The van der Waals surface area contributed by atoms with Crippen molar-refractivity contribution in [3.05, 3.63) is 18.0 Å². The van der Waals surface area contributed by atoms with Crippen LogP contribution in [0.25, 0.3) is 0 Å². The number of carbonyl (C=O) groups excluding carboxylic acids is 2. The third-order valence-electron chi connectivity index (χ3n) is 5.26. The highest BCUT2D eigenvalue weighted by molar-refractivity contribution is 5.97. The Balaban J connectivity index is 1.70. The van der Waals surface area contributed by atoms with E-state index in [9.17, 15) is 9.59 Å². The van der Waals surface area contributed by atoms with E-state index in [0.717, 1.165) is 25.7 Å². The lowest BCUT2D eigenvalue weighted by atomic mass is 9.85. The summed E-state index contributed by atoms with van der Waals surface area (Å²) in [5.41, 5.74) is 0.0394. The maximum atomic E-state index is 13.0. The van der Waals surface area contributed by atoms with E-state index in [4.69, 9.17) is 4.74 Å². The topological polar surface area (TPSA) is 64.4 Å². The summed E-state index contributed by atoms with van der Waals surface area (Å²) in [6.07, 6.45) is 6.63. The molecule has 1 aromatic rings. The highest BCUT2D eigenvalue weighted by Crippen LogP contribution is 2.40. The molecular formula is C20H31N3O3. The van der Waals surface area contributed by atoms with Crippen molar-refractivity contribution < 1.29 is 14.3 Å². The van der Waals surface area contributed by atoms with Crippen LogP contribution < -0.4 is 0 Å². The first-order valence-electron chi connectivity index (χ1n) is 9.56. The van der Waals surface area contributed by atoms with Crippen LogP contribution in [0.1, 0.15) is 77.6 Å². The lowest BCUT2D eigenvalue weighted by Crippen LogP contribution is -2.49. The first-order chi connectivity index (χ1) is 12.0.